The lowest BCUT2D eigenvalue weighted by Crippen LogP contribution is -2.45. The van der Waals surface area contributed by atoms with Gasteiger partial charge in [0.25, 0.3) is 0 Å². The first kappa shape index (κ1) is 20.2. The monoisotopic (exact) mass is 339 g/mol. The normalized spacial score (nSPS) is 21.8. The van der Waals surface area contributed by atoms with Crippen LogP contribution in [0.25, 0.3) is 0 Å². The second kappa shape index (κ2) is 8.31. The molecule has 1 aliphatic heterocycles. The minimum Gasteiger partial charge on any atom is -0.469 e. The van der Waals surface area contributed by atoms with Crippen molar-refractivity contribution in [2.24, 2.45) is 5.41 Å². The molecule has 1 saturated heterocycles. The van der Waals surface area contributed by atoms with E-state index in [2.05, 4.69) is 11.3 Å². The van der Waals surface area contributed by atoms with Crippen molar-refractivity contribution in [3.8, 4) is 0 Å². The standard InChI is InChI=1S/C18H29NO5/c1-6-10-18(11-9-15(21)23-5)13-19(12-7-8-14(18)20)16(22)24-17(2,3)4/h6H,1,7-13H2,2-5H3/t18-/m0/s1. The molecule has 0 radical (unpaired) electrons. The number of carbonyl (C=O) groups is 3. The molecule has 1 fully saturated rings. The van der Waals surface area contributed by atoms with Gasteiger partial charge in [-0.05, 0) is 40.0 Å². The number of ether oxygens (including phenoxy) is 2. The summed E-state index contributed by atoms with van der Waals surface area (Å²) < 4.78 is 10.1. The van der Waals surface area contributed by atoms with Crippen LogP contribution in [-0.2, 0) is 19.1 Å². The Morgan fingerprint density at radius 1 is 1.38 bits per heavy atom. The molecule has 1 heterocycles. The molecular weight excluding hydrogens is 310 g/mol. The molecule has 0 aromatic rings. The smallest absolute Gasteiger partial charge is 0.410 e. The molecule has 136 valence electrons. The van der Waals surface area contributed by atoms with Gasteiger partial charge in [0, 0.05) is 25.9 Å². The van der Waals surface area contributed by atoms with Gasteiger partial charge in [-0.1, -0.05) is 6.08 Å². The van der Waals surface area contributed by atoms with Crippen LogP contribution in [0.3, 0.4) is 0 Å². The molecule has 0 aromatic heterocycles. The van der Waals surface area contributed by atoms with Crippen LogP contribution in [0, 0.1) is 5.41 Å². The zero-order chi connectivity index (χ0) is 18.4. The van der Waals surface area contributed by atoms with Gasteiger partial charge in [0.15, 0.2) is 0 Å². The zero-order valence-corrected chi connectivity index (χ0v) is 15.2. The van der Waals surface area contributed by atoms with Crippen molar-refractivity contribution in [1.29, 1.82) is 0 Å². The van der Waals surface area contributed by atoms with Gasteiger partial charge in [-0.15, -0.1) is 6.58 Å². The Kier molecular flexibility index (Phi) is 6.99. The molecule has 1 aliphatic rings. The average molecular weight is 339 g/mol. The fourth-order valence-electron chi connectivity index (χ4n) is 2.93. The van der Waals surface area contributed by atoms with Crippen LogP contribution < -0.4 is 0 Å². The lowest BCUT2D eigenvalue weighted by atomic mass is 9.75. The Balaban J connectivity index is 2.99. The molecule has 0 saturated carbocycles. The maximum atomic E-state index is 12.7. The van der Waals surface area contributed by atoms with Gasteiger partial charge in [-0.3, -0.25) is 9.59 Å². The van der Waals surface area contributed by atoms with Crippen molar-refractivity contribution in [3.63, 3.8) is 0 Å². The molecule has 1 rings (SSSR count). The summed E-state index contributed by atoms with van der Waals surface area (Å²) in [5.41, 5.74) is -1.40. The van der Waals surface area contributed by atoms with Gasteiger partial charge in [0.05, 0.1) is 12.5 Å². The van der Waals surface area contributed by atoms with Crippen molar-refractivity contribution >= 4 is 17.8 Å². The number of nitrogens with zero attached hydrogens (tertiary/aromatic N) is 1. The zero-order valence-electron chi connectivity index (χ0n) is 15.2. The molecular formula is C18H29NO5. The predicted molar refractivity (Wildman–Crippen MR) is 90.5 cm³/mol. The van der Waals surface area contributed by atoms with Gasteiger partial charge >= 0.3 is 12.1 Å². The second-order valence-corrected chi connectivity index (χ2v) is 7.28. The summed E-state index contributed by atoms with van der Waals surface area (Å²) in [7, 11) is 1.32. The number of esters is 1. The molecule has 6 nitrogen and oxygen atoms in total. The topological polar surface area (TPSA) is 72.9 Å². The molecule has 0 bridgehead atoms. The van der Waals surface area contributed by atoms with E-state index in [4.69, 9.17) is 4.74 Å². The highest BCUT2D eigenvalue weighted by Gasteiger charge is 2.42. The lowest BCUT2D eigenvalue weighted by Gasteiger charge is -2.35. The summed E-state index contributed by atoms with van der Waals surface area (Å²) >= 11 is 0. The van der Waals surface area contributed by atoms with E-state index in [1.807, 2.05) is 20.8 Å². The van der Waals surface area contributed by atoms with Crippen molar-refractivity contribution in [2.45, 2.75) is 58.5 Å². The van der Waals surface area contributed by atoms with E-state index < -0.39 is 17.1 Å². The molecule has 0 spiro atoms. The first-order valence-electron chi connectivity index (χ1n) is 8.32. The maximum Gasteiger partial charge on any atom is 0.410 e. The molecule has 1 amide bonds. The van der Waals surface area contributed by atoms with E-state index >= 15 is 0 Å². The SMILES string of the molecule is C=CC[C@]1(CCC(=O)OC)CN(C(=O)OC(C)(C)C)CCCC1=O. The number of ketones is 1. The van der Waals surface area contributed by atoms with Gasteiger partial charge in [-0.2, -0.15) is 0 Å². The van der Waals surface area contributed by atoms with Crippen LogP contribution in [0.2, 0.25) is 0 Å². The molecule has 1 atom stereocenters. The Labute approximate surface area is 144 Å². The molecule has 0 unspecified atom stereocenters. The number of hydrogen-bond donors (Lipinski definition) is 0. The van der Waals surface area contributed by atoms with Gasteiger partial charge in [0.1, 0.15) is 11.4 Å². The Morgan fingerprint density at radius 2 is 2.04 bits per heavy atom. The van der Waals surface area contributed by atoms with Crippen LogP contribution >= 0.6 is 0 Å². The summed E-state index contributed by atoms with van der Waals surface area (Å²) in [6.45, 7) is 9.87. The quantitative estimate of drug-likeness (QED) is 0.568. The van der Waals surface area contributed by atoms with E-state index in [0.717, 1.165) is 0 Å². The number of rotatable bonds is 5. The van der Waals surface area contributed by atoms with Crippen molar-refractivity contribution in [1.82, 2.24) is 4.90 Å². The van der Waals surface area contributed by atoms with E-state index in [9.17, 15) is 14.4 Å². The first-order valence-corrected chi connectivity index (χ1v) is 8.32. The van der Waals surface area contributed by atoms with E-state index in [1.54, 1.807) is 11.0 Å². The van der Waals surface area contributed by atoms with Crippen LogP contribution in [0.4, 0.5) is 4.79 Å². The van der Waals surface area contributed by atoms with Crippen LogP contribution in [0.15, 0.2) is 12.7 Å². The van der Waals surface area contributed by atoms with Gasteiger partial charge in [-0.25, -0.2) is 4.79 Å². The first-order chi connectivity index (χ1) is 11.1. The third kappa shape index (κ3) is 5.65. The third-order valence-corrected chi connectivity index (χ3v) is 4.14. The van der Waals surface area contributed by atoms with Crippen molar-refractivity contribution < 1.29 is 23.9 Å². The number of likely N-dealkylation sites (tertiary alicyclic amines) is 1. The largest absolute Gasteiger partial charge is 0.469 e. The minimum absolute atomic E-state index is 0.0670. The summed E-state index contributed by atoms with van der Waals surface area (Å²) in [6.07, 6.45) is 3.12. The highest BCUT2D eigenvalue weighted by atomic mass is 16.6. The molecule has 0 N–H and O–H groups in total. The van der Waals surface area contributed by atoms with Crippen molar-refractivity contribution in [3.05, 3.63) is 12.7 Å². The molecule has 0 aromatic carbocycles. The van der Waals surface area contributed by atoms with E-state index in [1.165, 1.54) is 7.11 Å². The fraction of sp³-hybridized carbons (Fsp3) is 0.722. The fourth-order valence-corrected chi connectivity index (χ4v) is 2.93. The summed E-state index contributed by atoms with van der Waals surface area (Å²) in [4.78, 5) is 38.2. The van der Waals surface area contributed by atoms with Crippen LogP contribution in [-0.4, -0.2) is 48.5 Å². The number of methoxy groups -OCH3 is 1. The Bertz CT molecular complexity index is 494. The van der Waals surface area contributed by atoms with Gasteiger partial charge < -0.3 is 14.4 Å². The van der Waals surface area contributed by atoms with Crippen LogP contribution in [0.5, 0.6) is 0 Å². The number of amides is 1. The maximum absolute atomic E-state index is 12.7. The highest BCUT2D eigenvalue weighted by Crippen LogP contribution is 2.35. The summed E-state index contributed by atoms with van der Waals surface area (Å²) in [6, 6.07) is 0. The number of allylic oxidation sites excluding steroid dienone is 1. The van der Waals surface area contributed by atoms with E-state index in [0.29, 0.717) is 32.2 Å². The number of Topliss-reactive ketones (excluding diaryl/α,β-unsaturated/α-hetero) is 1. The minimum atomic E-state index is -0.802. The predicted octanol–water partition coefficient (Wildman–Crippen LogP) is 3.10. The van der Waals surface area contributed by atoms with E-state index in [-0.39, 0.29) is 24.7 Å². The van der Waals surface area contributed by atoms with Crippen LogP contribution in [0.1, 0.15) is 52.9 Å². The average Bonchev–Trinajstić information content (AvgIpc) is 2.64. The Hall–Kier alpha value is -1.85. The summed E-state index contributed by atoms with van der Waals surface area (Å²) in [5, 5.41) is 0. The molecule has 24 heavy (non-hydrogen) atoms. The summed E-state index contributed by atoms with van der Waals surface area (Å²) in [5.74, 6) is -0.295. The number of carbonyl (C=O) groups excluding carboxylic acids is 3. The van der Waals surface area contributed by atoms with Gasteiger partial charge in [0.2, 0.25) is 0 Å². The highest BCUT2D eigenvalue weighted by molar-refractivity contribution is 5.87. The second-order valence-electron chi connectivity index (χ2n) is 7.28. The lowest BCUT2D eigenvalue weighted by molar-refractivity contribution is -0.142. The van der Waals surface area contributed by atoms with Crippen molar-refractivity contribution in [2.75, 3.05) is 20.2 Å². The Morgan fingerprint density at radius 3 is 2.58 bits per heavy atom. The molecule has 0 aliphatic carbocycles. The molecule has 6 heteroatoms. The number of hydrogen-bond acceptors (Lipinski definition) is 5. The third-order valence-electron chi connectivity index (χ3n) is 4.14.